The first kappa shape index (κ1) is 33.4. The minimum atomic E-state index is -4.14. The number of para-hydroxylation sites is 2. The molecule has 0 aliphatic carbocycles. The molecular formula is C32H30N6O10S. The summed E-state index contributed by atoms with van der Waals surface area (Å²) >= 11 is 0. The SMILES string of the molecule is CC[C@@]1(O)C(=O)OCc2c1cc1n(c2=O)Cc2c-1nc1ccccc1c2/C=N/OCC(=O)NCCCNS(=O)(=O)c1ccccc1[N+](=O)[O-]. The smallest absolute Gasteiger partial charge is 0.343 e. The van der Waals surface area contributed by atoms with Gasteiger partial charge in [-0.05, 0) is 31.0 Å². The third kappa shape index (κ3) is 6.14. The molecule has 2 aliphatic rings. The molecule has 1 atom stereocenters. The number of aliphatic hydroxyl groups is 1. The monoisotopic (exact) mass is 690 g/mol. The van der Waals surface area contributed by atoms with Crippen LogP contribution in [0.3, 0.4) is 0 Å². The number of nitro groups is 1. The van der Waals surface area contributed by atoms with Crippen molar-refractivity contribution in [3.05, 3.63) is 97.3 Å². The predicted octanol–water partition coefficient (Wildman–Crippen LogP) is 1.82. The molecule has 3 N–H and O–H groups in total. The molecule has 1 amide bonds. The Labute approximate surface area is 278 Å². The molecule has 4 aromatic rings. The van der Waals surface area contributed by atoms with E-state index in [1.54, 1.807) is 25.1 Å². The van der Waals surface area contributed by atoms with Crippen LogP contribution in [0.1, 0.15) is 42.0 Å². The van der Waals surface area contributed by atoms with E-state index in [4.69, 9.17) is 14.6 Å². The molecule has 2 aliphatic heterocycles. The molecule has 17 heteroatoms. The lowest BCUT2D eigenvalue weighted by molar-refractivity contribution is -0.387. The van der Waals surface area contributed by atoms with Crippen molar-refractivity contribution in [2.45, 2.75) is 43.4 Å². The average Bonchev–Trinajstić information content (AvgIpc) is 3.46. The number of nitrogens with one attached hydrogen (secondary N) is 2. The van der Waals surface area contributed by atoms with Gasteiger partial charge in [0.2, 0.25) is 10.0 Å². The van der Waals surface area contributed by atoms with Crippen molar-refractivity contribution < 1.29 is 37.6 Å². The van der Waals surface area contributed by atoms with Crippen LogP contribution in [0, 0.1) is 10.1 Å². The summed E-state index contributed by atoms with van der Waals surface area (Å²) in [5, 5.41) is 29.6. The topological polar surface area (TPSA) is 221 Å². The van der Waals surface area contributed by atoms with Crippen LogP contribution in [0.25, 0.3) is 22.3 Å². The molecule has 4 heterocycles. The van der Waals surface area contributed by atoms with Gasteiger partial charge < -0.3 is 24.6 Å². The Hall–Kier alpha value is -5.52. The molecule has 254 valence electrons. The van der Waals surface area contributed by atoms with Gasteiger partial charge in [-0.1, -0.05) is 42.4 Å². The third-order valence-electron chi connectivity index (χ3n) is 8.41. The van der Waals surface area contributed by atoms with Crippen LogP contribution in [0.15, 0.2) is 69.4 Å². The lowest BCUT2D eigenvalue weighted by Crippen LogP contribution is -2.44. The fraction of sp³-hybridized carbons (Fsp3) is 0.281. The number of amides is 1. The number of hydrogen-bond acceptors (Lipinski definition) is 12. The summed E-state index contributed by atoms with van der Waals surface area (Å²) in [5.41, 5.74) is 0.274. The Morgan fingerprint density at radius 2 is 1.94 bits per heavy atom. The predicted molar refractivity (Wildman–Crippen MR) is 174 cm³/mol. The van der Waals surface area contributed by atoms with Crippen LogP contribution >= 0.6 is 0 Å². The standard InChI is InChI=1S/C32H30N6O10S/c1-2-32(42)23-14-26-29-21(16-37(26)30(40)22(23)17-47-31(32)41)20(19-8-3-4-9-24(19)36-29)15-34-48-18-28(39)33-12-7-13-35-49(45,46)27-11-6-5-10-25(27)38(43)44/h3-6,8-11,14-15,35,42H,2,7,12-13,16-18H2,1H3,(H,33,39)/b34-15+/t32-/m0/s1. The summed E-state index contributed by atoms with van der Waals surface area (Å²) in [6, 6.07) is 13.9. The number of carbonyl (C=O) groups is 2. The van der Waals surface area contributed by atoms with Crippen molar-refractivity contribution in [1.29, 1.82) is 0 Å². The second kappa shape index (κ2) is 13.2. The summed E-state index contributed by atoms with van der Waals surface area (Å²) in [6.07, 6.45) is 1.64. The lowest BCUT2D eigenvalue weighted by atomic mass is 9.86. The van der Waals surface area contributed by atoms with E-state index in [0.29, 0.717) is 28.0 Å². The molecule has 0 saturated heterocycles. The molecular weight excluding hydrogens is 660 g/mol. The molecule has 0 saturated carbocycles. The second-order valence-electron chi connectivity index (χ2n) is 11.3. The molecule has 49 heavy (non-hydrogen) atoms. The number of rotatable bonds is 12. The Kier molecular flexibility index (Phi) is 8.98. The molecule has 6 rings (SSSR count). The number of sulfonamides is 1. The zero-order valence-corrected chi connectivity index (χ0v) is 26.9. The molecule has 2 aromatic carbocycles. The summed E-state index contributed by atoms with van der Waals surface area (Å²) in [5.74, 6) is -1.33. The molecule has 0 spiro atoms. The Morgan fingerprint density at radius 1 is 1.18 bits per heavy atom. The highest BCUT2D eigenvalue weighted by Gasteiger charge is 2.45. The molecule has 16 nitrogen and oxygen atoms in total. The van der Waals surface area contributed by atoms with E-state index >= 15 is 0 Å². The van der Waals surface area contributed by atoms with E-state index in [2.05, 4.69) is 15.2 Å². The van der Waals surface area contributed by atoms with Gasteiger partial charge in [0.15, 0.2) is 17.1 Å². The van der Waals surface area contributed by atoms with E-state index in [9.17, 15) is 38.0 Å². The minimum Gasteiger partial charge on any atom is -0.458 e. The first-order valence-electron chi connectivity index (χ1n) is 15.2. The number of aromatic nitrogens is 2. The maximum absolute atomic E-state index is 13.6. The highest BCUT2D eigenvalue weighted by molar-refractivity contribution is 7.89. The highest BCUT2D eigenvalue weighted by atomic mass is 32.2. The van der Waals surface area contributed by atoms with Gasteiger partial charge in [0.25, 0.3) is 17.2 Å². The first-order valence-corrected chi connectivity index (χ1v) is 16.7. The largest absolute Gasteiger partial charge is 0.458 e. The normalized spacial score (nSPS) is 16.6. The maximum atomic E-state index is 13.6. The number of ether oxygens (including phenoxy) is 1. The van der Waals surface area contributed by atoms with E-state index in [-0.39, 0.29) is 50.2 Å². The Morgan fingerprint density at radius 3 is 2.71 bits per heavy atom. The first-order chi connectivity index (χ1) is 23.5. The van der Waals surface area contributed by atoms with Crippen molar-refractivity contribution in [3.8, 4) is 11.4 Å². The van der Waals surface area contributed by atoms with Crippen molar-refractivity contribution in [1.82, 2.24) is 19.6 Å². The van der Waals surface area contributed by atoms with Gasteiger partial charge >= 0.3 is 5.97 Å². The zero-order valence-electron chi connectivity index (χ0n) is 26.0. The quantitative estimate of drug-likeness (QED) is 0.0563. The minimum absolute atomic E-state index is 0.0162. The van der Waals surface area contributed by atoms with E-state index in [1.807, 2.05) is 12.1 Å². The van der Waals surface area contributed by atoms with Gasteiger partial charge in [0.05, 0.1) is 40.2 Å². The number of cyclic esters (lactones) is 1. The van der Waals surface area contributed by atoms with Crippen molar-refractivity contribution in [2.24, 2.45) is 5.16 Å². The van der Waals surface area contributed by atoms with Crippen LogP contribution in [0.4, 0.5) is 5.69 Å². The number of oxime groups is 1. The Balaban J connectivity index is 1.12. The molecule has 2 aromatic heterocycles. The van der Waals surface area contributed by atoms with Crippen molar-refractivity contribution >= 4 is 44.7 Å². The number of carbonyl (C=O) groups excluding carboxylic acids is 2. The van der Waals surface area contributed by atoms with Crippen LogP contribution in [0.2, 0.25) is 0 Å². The number of pyridine rings is 2. The average molecular weight is 691 g/mol. The van der Waals surface area contributed by atoms with Gasteiger partial charge in [-0.25, -0.2) is 22.9 Å². The van der Waals surface area contributed by atoms with Crippen molar-refractivity contribution in [3.63, 3.8) is 0 Å². The number of fused-ring (bicyclic) bond motifs is 5. The van der Waals surface area contributed by atoms with Crippen LogP contribution in [-0.4, -0.2) is 65.8 Å². The van der Waals surface area contributed by atoms with Gasteiger partial charge in [0, 0.05) is 41.2 Å². The van der Waals surface area contributed by atoms with Gasteiger partial charge in [-0.15, -0.1) is 0 Å². The van der Waals surface area contributed by atoms with Crippen molar-refractivity contribution in [2.75, 3.05) is 19.7 Å². The molecule has 0 radical (unpaired) electrons. The third-order valence-corrected chi connectivity index (χ3v) is 9.92. The zero-order chi connectivity index (χ0) is 34.9. The van der Waals surface area contributed by atoms with E-state index in [0.717, 1.165) is 17.5 Å². The highest BCUT2D eigenvalue weighted by Crippen LogP contribution is 2.39. The molecule has 0 bridgehead atoms. The number of nitro benzene ring substituents is 1. The number of esters is 1. The number of nitrogens with zero attached hydrogens (tertiary/aromatic N) is 4. The summed E-state index contributed by atoms with van der Waals surface area (Å²) in [7, 11) is -4.14. The Bertz CT molecular complexity index is 2220. The fourth-order valence-corrected chi connectivity index (χ4v) is 7.12. The fourth-order valence-electron chi connectivity index (χ4n) is 5.88. The second-order valence-corrected chi connectivity index (χ2v) is 13.0. The number of benzene rings is 2. The summed E-state index contributed by atoms with van der Waals surface area (Å²) in [6.45, 7) is 1.08. The summed E-state index contributed by atoms with van der Waals surface area (Å²) < 4.78 is 33.9. The van der Waals surface area contributed by atoms with Crippen LogP contribution in [0.5, 0.6) is 0 Å². The van der Waals surface area contributed by atoms with Gasteiger partial charge in [-0.3, -0.25) is 19.7 Å². The van der Waals surface area contributed by atoms with Crippen LogP contribution in [-0.2, 0) is 47.9 Å². The van der Waals surface area contributed by atoms with Gasteiger partial charge in [-0.2, -0.15) is 0 Å². The maximum Gasteiger partial charge on any atom is 0.343 e. The molecule has 0 fully saturated rings. The lowest BCUT2D eigenvalue weighted by Gasteiger charge is -2.31. The number of hydrogen-bond donors (Lipinski definition) is 3. The van der Waals surface area contributed by atoms with E-state index in [1.165, 1.54) is 22.9 Å². The van der Waals surface area contributed by atoms with Crippen LogP contribution < -0.4 is 15.6 Å². The van der Waals surface area contributed by atoms with E-state index < -0.39 is 55.2 Å². The molecule has 0 unspecified atom stereocenters. The summed E-state index contributed by atoms with van der Waals surface area (Å²) in [4.78, 5) is 58.4. The van der Waals surface area contributed by atoms with Gasteiger partial charge in [0.1, 0.15) is 6.61 Å².